The van der Waals surface area contributed by atoms with Crippen LogP contribution < -0.4 is 0 Å². The zero-order chi connectivity index (χ0) is 37.8. The number of allylic oxidation sites excluding steroid dienone is 1. The van der Waals surface area contributed by atoms with Crippen LogP contribution in [0, 0.1) is 5.92 Å². The highest BCUT2D eigenvalue weighted by Crippen LogP contribution is 2.43. The summed E-state index contributed by atoms with van der Waals surface area (Å²) in [5, 5.41) is 5.93. The van der Waals surface area contributed by atoms with Gasteiger partial charge in [0.05, 0.1) is 23.6 Å². The number of nitrogens with zero attached hydrogens (tertiary/aromatic N) is 3. The SMILES string of the molecule is CC1C=Cc2oc3cc4c(cc3c2C1)c1ccccc1n4-c1cc(C2=[N+](c3ccc4c(c3)oc3ccccc34)C(c3ccccc3)N2C)cc(-c2ccccc2)c1. The number of fused-ring (bicyclic) bond motifs is 9. The maximum Gasteiger partial charge on any atom is 0.291 e. The Morgan fingerprint density at radius 3 is 2.14 bits per heavy atom. The summed E-state index contributed by atoms with van der Waals surface area (Å²) in [5.41, 5.74) is 13.2. The number of benzene rings is 7. The largest absolute Gasteiger partial charge is 0.456 e. The average Bonchev–Trinajstić information content (AvgIpc) is 3.91. The second kappa shape index (κ2) is 12.2. The molecule has 0 spiro atoms. The third kappa shape index (κ3) is 4.85. The summed E-state index contributed by atoms with van der Waals surface area (Å²) in [4.78, 5) is 2.41. The molecule has 1 aliphatic heterocycles. The number of hydrogen-bond acceptors (Lipinski definition) is 3. The van der Waals surface area contributed by atoms with Crippen LogP contribution >= 0.6 is 0 Å². The number of rotatable bonds is 5. The lowest BCUT2D eigenvalue weighted by Crippen LogP contribution is -2.52. The molecule has 0 fully saturated rings. The molecule has 5 nitrogen and oxygen atoms in total. The zero-order valence-electron chi connectivity index (χ0n) is 31.7. The molecule has 272 valence electrons. The van der Waals surface area contributed by atoms with Crippen molar-refractivity contribution in [2.45, 2.75) is 19.5 Å². The fourth-order valence-corrected chi connectivity index (χ4v) is 9.55. The van der Waals surface area contributed by atoms with E-state index in [9.17, 15) is 0 Å². The molecule has 2 aliphatic rings. The summed E-state index contributed by atoms with van der Waals surface area (Å²) in [6.07, 6.45) is 5.39. The Balaban J connectivity index is 1.12. The topological polar surface area (TPSA) is 37.5 Å². The Bertz CT molecular complexity index is 3310. The van der Waals surface area contributed by atoms with Crippen molar-refractivity contribution in [2.75, 3.05) is 7.05 Å². The molecule has 2 atom stereocenters. The predicted octanol–water partition coefficient (Wildman–Crippen LogP) is 13.0. The Morgan fingerprint density at radius 2 is 1.28 bits per heavy atom. The molecule has 0 saturated carbocycles. The van der Waals surface area contributed by atoms with Gasteiger partial charge >= 0.3 is 0 Å². The summed E-state index contributed by atoms with van der Waals surface area (Å²) in [7, 11) is 2.21. The molecule has 0 bridgehead atoms. The third-order valence-corrected chi connectivity index (χ3v) is 12.2. The third-order valence-electron chi connectivity index (χ3n) is 12.2. The van der Waals surface area contributed by atoms with E-state index in [1.807, 2.05) is 12.1 Å². The number of hydrogen-bond donors (Lipinski definition) is 0. The minimum atomic E-state index is -0.00450. The highest BCUT2D eigenvalue weighted by molar-refractivity contribution is 6.14. The number of para-hydroxylation sites is 2. The first kappa shape index (κ1) is 32.2. The minimum absolute atomic E-state index is 0.00450. The van der Waals surface area contributed by atoms with Crippen molar-refractivity contribution in [1.82, 2.24) is 9.47 Å². The molecule has 3 aromatic heterocycles. The van der Waals surface area contributed by atoms with E-state index in [1.165, 1.54) is 38.4 Å². The van der Waals surface area contributed by atoms with E-state index in [4.69, 9.17) is 8.83 Å². The molecule has 4 heterocycles. The summed E-state index contributed by atoms with van der Waals surface area (Å²) < 4.78 is 17.9. The van der Waals surface area contributed by atoms with E-state index in [0.29, 0.717) is 5.92 Å². The number of furan rings is 2. The molecule has 0 amide bonds. The van der Waals surface area contributed by atoms with Crippen molar-refractivity contribution in [3.8, 4) is 16.8 Å². The Hall–Kier alpha value is -7.11. The normalized spacial score (nSPS) is 16.7. The molecule has 0 radical (unpaired) electrons. The summed E-state index contributed by atoms with van der Waals surface area (Å²) in [5.74, 6) is 2.60. The quantitative estimate of drug-likeness (QED) is 0.165. The molecule has 0 saturated heterocycles. The summed E-state index contributed by atoms with van der Waals surface area (Å²) in [6.45, 7) is 2.28. The molecule has 0 N–H and O–H groups in total. The van der Waals surface area contributed by atoms with Gasteiger partial charge in [0, 0.05) is 55.9 Å². The Kier molecular flexibility index (Phi) is 6.88. The van der Waals surface area contributed by atoms with Crippen molar-refractivity contribution < 1.29 is 13.4 Å². The predicted molar refractivity (Wildman–Crippen MR) is 233 cm³/mol. The minimum Gasteiger partial charge on any atom is -0.456 e. The van der Waals surface area contributed by atoms with Gasteiger partial charge in [-0.2, -0.15) is 4.58 Å². The molecule has 57 heavy (non-hydrogen) atoms. The van der Waals surface area contributed by atoms with Crippen LogP contribution in [-0.4, -0.2) is 26.9 Å². The Labute approximate surface area is 329 Å². The molecular weight excluding hydrogens is 699 g/mol. The van der Waals surface area contributed by atoms with E-state index < -0.39 is 0 Å². The van der Waals surface area contributed by atoms with Crippen molar-refractivity contribution >= 4 is 72.3 Å². The van der Waals surface area contributed by atoms with Gasteiger partial charge in [-0.25, -0.2) is 4.90 Å². The smallest absolute Gasteiger partial charge is 0.291 e. The van der Waals surface area contributed by atoms with Crippen molar-refractivity contribution in [3.63, 3.8) is 0 Å². The maximum absolute atomic E-state index is 6.57. The van der Waals surface area contributed by atoms with Crippen LogP contribution in [0.5, 0.6) is 0 Å². The van der Waals surface area contributed by atoms with E-state index in [1.54, 1.807) is 0 Å². The van der Waals surface area contributed by atoms with Gasteiger partial charge < -0.3 is 13.4 Å². The van der Waals surface area contributed by atoms with Crippen molar-refractivity contribution in [3.05, 3.63) is 186 Å². The first-order valence-corrected chi connectivity index (χ1v) is 19.8. The number of amidine groups is 1. The van der Waals surface area contributed by atoms with Crippen molar-refractivity contribution in [2.24, 2.45) is 5.92 Å². The van der Waals surface area contributed by atoms with Gasteiger partial charge in [0.2, 0.25) is 0 Å². The molecule has 7 aromatic carbocycles. The van der Waals surface area contributed by atoms with Crippen LogP contribution in [0.15, 0.2) is 173 Å². The molecule has 5 heteroatoms. The van der Waals surface area contributed by atoms with E-state index in [0.717, 1.165) is 73.6 Å². The molecule has 1 aliphatic carbocycles. The lowest BCUT2D eigenvalue weighted by atomic mass is 9.93. The van der Waals surface area contributed by atoms with Crippen molar-refractivity contribution in [1.29, 1.82) is 0 Å². The molecule has 2 unspecified atom stereocenters. The number of aromatic nitrogens is 1. The lowest BCUT2D eigenvalue weighted by Gasteiger charge is -2.36. The van der Waals surface area contributed by atoms with Gasteiger partial charge in [0.1, 0.15) is 28.2 Å². The lowest BCUT2D eigenvalue weighted by molar-refractivity contribution is -0.563. The van der Waals surface area contributed by atoms with Gasteiger partial charge in [-0.05, 0) is 78.1 Å². The van der Waals surface area contributed by atoms with Gasteiger partial charge in [0.25, 0.3) is 12.0 Å². The fourth-order valence-electron chi connectivity index (χ4n) is 9.55. The molecule has 12 rings (SSSR count). The van der Waals surface area contributed by atoms with E-state index in [2.05, 4.69) is 186 Å². The molecular formula is C52H38N3O2+. The van der Waals surface area contributed by atoms with Crippen LogP contribution in [0.1, 0.15) is 35.5 Å². The fraction of sp³-hybridized carbons (Fsp3) is 0.0962. The standard InChI is InChI=1S/C52H38N3O2/c1-32-21-24-48-43(25-32)44-30-42-39-17-9-11-19-45(39)54(46(42)31-50(44)57-48)38-27-35(33-13-5-3-6-14-33)26-36(28-38)52-53(2)51(34-15-7-4-8-16-34)55(52)37-22-23-41-40-18-10-12-20-47(40)56-49(41)29-37/h3-24,26-32,51H,25H2,1-2H3/q+1. The van der Waals surface area contributed by atoms with Gasteiger partial charge in [-0.1, -0.05) is 110 Å². The monoisotopic (exact) mass is 736 g/mol. The van der Waals surface area contributed by atoms with Crippen LogP contribution in [0.4, 0.5) is 5.69 Å². The first-order chi connectivity index (χ1) is 28.1. The molecule has 10 aromatic rings. The second-order valence-electron chi connectivity index (χ2n) is 15.7. The second-order valence-corrected chi connectivity index (χ2v) is 15.7. The summed E-state index contributed by atoms with van der Waals surface area (Å²) >= 11 is 0. The van der Waals surface area contributed by atoms with Crippen LogP contribution in [0.25, 0.3) is 77.6 Å². The van der Waals surface area contributed by atoms with Gasteiger partial charge in [0.15, 0.2) is 0 Å². The Morgan fingerprint density at radius 1 is 0.561 bits per heavy atom. The maximum atomic E-state index is 6.57. The van der Waals surface area contributed by atoms with Crippen LogP contribution in [-0.2, 0) is 6.42 Å². The van der Waals surface area contributed by atoms with E-state index >= 15 is 0 Å². The van der Waals surface area contributed by atoms with Crippen LogP contribution in [0.2, 0.25) is 0 Å². The van der Waals surface area contributed by atoms with Gasteiger partial charge in [-0.3, -0.25) is 0 Å². The highest BCUT2D eigenvalue weighted by atomic mass is 16.3. The summed E-state index contributed by atoms with van der Waals surface area (Å²) in [6, 6.07) is 56.9. The zero-order valence-corrected chi connectivity index (χ0v) is 31.7. The van der Waals surface area contributed by atoms with E-state index in [-0.39, 0.29) is 6.17 Å². The van der Waals surface area contributed by atoms with Gasteiger partial charge in [-0.15, -0.1) is 0 Å². The first-order valence-electron chi connectivity index (χ1n) is 19.8. The average molecular weight is 737 g/mol. The highest BCUT2D eigenvalue weighted by Gasteiger charge is 2.47. The van der Waals surface area contributed by atoms with Crippen LogP contribution in [0.3, 0.4) is 0 Å².